The molecule has 29 heavy (non-hydrogen) atoms. The van der Waals surface area contributed by atoms with Crippen molar-refractivity contribution in [3.63, 3.8) is 0 Å². The van der Waals surface area contributed by atoms with Gasteiger partial charge in [-0.15, -0.1) is 10.2 Å². The molecule has 3 aromatic heterocycles. The summed E-state index contributed by atoms with van der Waals surface area (Å²) in [5, 5.41) is 15.9. The molecule has 156 valence electrons. The lowest BCUT2D eigenvalue weighted by Gasteiger charge is -2.17. The summed E-state index contributed by atoms with van der Waals surface area (Å²) in [6.45, 7) is 4.57. The molecule has 0 saturated carbocycles. The molecule has 1 N–H and O–H groups in total. The molecule has 0 atom stereocenters. The molecule has 4 rings (SSSR count). The van der Waals surface area contributed by atoms with Crippen LogP contribution < -0.4 is 0 Å². The number of carbonyl (C=O) groups is 1. The van der Waals surface area contributed by atoms with Gasteiger partial charge >= 0.3 is 12.1 Å². The van der Waals surface area contributed by atoms with E-state index in [9.17, 15) is 13.2 Å². The average Bonchev–Trinajstić information content (AvgIpc) is 3.38. The van der Waals surface area contributed by atoms with Crippen LogP contribution in [0.3, 0.4) is 0 Å². The van der Waals surface area contributed by atoms with Crippen LogP contribution in [0.4, 0.5) is 13.2 Å². The summed E-state index contributed by atoms with van der Waals surface area (Å²) in [7, 11) is 0. The Hall–Kier alpha value is -3.08. The van der Waals surface area contributed by atoms with E-state index in [1.807, 2.05) is 24.5 Å². The molecule has 8 nitrogen and oxygen atoms in total. The molecule has 0 radical (unpaired) electrons. The first-order valence-electron chi connectivity index (χ1n) is 8.88. The molecule has 1 aliphatic heterocycles. The normalized spacial score (nSPS) is 14.6. The number of carboxylic acids is 1. The maximum Gasteiger partial charge on any atom is 0.490 e. The highest BCUT2D eigenvalue weighted by Gasteiger charge is 2.38. The van der Waals surface area contributed by atoms with Gasteiger partial charge in [-0.2, -0.15) is 13.2 Å². The number of carboxylic acid groups (broad SMARTS) is 1. The summed E-state index contributed by atoms with van der Waals surface area (Å²) in [5.74, 6) is -0.660. The van der Waals surface area contributed by atoms with E-state index in [-0.39, 0.29) is 0 Å². The molecule has 0 spiro atoms. The quantitative estimate of drug-likeness (QED) is 0.710. The highest BCUT2D eigenvalue weighted by atomic mass is 19.4. The maximum atomic E-state index is 10.6. The second-order valence-corrected chi connectivity index (χ2v) is 6.54. The highest BCUT2D eigenvalue weighted by molar-refractivity contribution is 5.73. The highest BCUT2D eigenvalue weighted by Crippen LogP contribution is 2.16. The molecule has 0 unspecified atom stereocenters. The molecule has 0 saturated heterocycles. The summed E-state index contributed by atoms with van der Waals surface area (Å²) in [6.07, 6.45) is 3.69. The van der Waals surface area contributed by atoms with E-state index in [0.29, 0.717) is 0 Å². The Morgan fingerprint density at radius 3 is 2.52 bits per heavy atom. The van der Waals surface area contributed by atoms with Crippen LogP contribution in [0.1, 0.15) is 23.6 Å². The van der Waals surface area contributed by atoms with Gasteiger partial charge in [-0.3, -0.25) is 4.90 Å². The first-order chi connectivity index (χ1) is 13.8. The Kier molecular flexibility index (Phi) is 6.37. The molecular weight excluding hydrogens is 391 g/mol. The van der Waals surface area contributed by atoms with Gasteiger partial charge in [-0.05, 0) is 24.6 Å². The Bertz CT molecular complexity index is 904. The van der Waals surface area contributed by atoms with E-state index < -0.39 is 12.1 Å². The Morgan fingerprint density at radius 1 is 1.17 bits per heavy atom. The minimum atomic E-state index is -5.08. The number of fused-ring (bicyclic) bond motifs is 1. The summed E-state index contributed by atoms with van der Waals surface area (Å²) in [6, 6.07) is 6.09. The lowest BCUT2D eigenvalue weighted by atomic mass is 10.3. The van der Waals surface area contributed by atoms with Crippen molar-refractivity contribution in [3.8, 4) is 0 Å². The molecule has 0 fully saturated rings. The summed E-state index contributed by atoms with van der Waals surface area (Å²) < 4.78 is 41.3. The fourth-order valence-electron chi connectivity index (χ4n) is 3.01. The fourth-order valence-corrected chi connectivity index (χ4v) is 3.01. The van der Waals surface area contributed by atoms with Gasteiger partial charge < -0.3 is 18.7 Å². The van der Waals surface area contributed by atoms with E-state index in [0.717, 1.165) is 50.8 Å². The first kappa shape index (κ1) is 20.6. The monoisotopic (exact) mass is 411 g/mol. The zero-order valence-electron chi connectivity index (χ0n) is 15.4. The summed E-state index contributed by atoms with van der Waals surface area (Å²) in [4.78, 5) is 11.3. The van der Waals surface area contributed by atoms with Gasteiger partial charge in [-0.1, -0.05) is 0 Å². The number of nitrogens with zero attached hydrogens (tertiary/aromatic N) is 5. The first-order valence-corrected chi connectivity index (χ1v) is 8.88. The van der Waals surface area contributed by atoms with Crippen molar-refractivity contribution in [2.45, 2.75) is 38.8 Å². The molecular formula is C18H20F3N5O3. The zero-order valence-corrected chi connectivity index (χ0v) is 15.4. The predicted molar refractivity (Wildman–Crippen MR) is 94.7 cm³/mol. The largest absolute Gasteiger partial charge is 0.490 e. The van der Waals surface area contributed by atoms with Crippen LogP contribution >= 0.6 is 0 Å². The van der Waals surface area contributed by atoms with Gasteiger partial charge in [0, 0.05) is 37.6 Å². The lowest BCUT2D eigenvalue weighted by Crippen LogP contribution is -2.22. The van der Waals surface area contributed by atoms with E-state index >= 15 is 0 Å². The number of hydrogen-bond donors (Lipinski definition) is 1. The smallest absolute Gasteiger partial charge is 0.475 e. The van der Waals surface area contributed by atoms with E-state index in [4.69, 9.17) is 14.3 Å². The Labute approximate surface area is 164 Å². The lowest BCUT2D eigenvalue weighted by molar-refractivity contribution is -0.192. The van der Waals surface area contributed by atoms with Gasteiger partial charge in [0.25, 0.3) is 0 Å². The standard InChI is InChI=1S/C16H19N5O.C2HF3O2/c1-2-6-19(5-1)11-15-17-18-16-12-20(7-3-8-21(15)16)10-14-4-9-22-13-14;3-2(4,5)1(6)7/h1-2,4-6,9,13H,3,7-8,10-12H2;(H,6,7). The van der Waals surface area contributed by atoms with Crippen LogP contribution in [0.25, 0.3) is 0 Å². The molecule has 1 aliphatic rings. The minimum absolute atomic E-state index is 0.779. The SMILES string of the molecule is O=C(O)C(F)(F)F.c1ccn(Cc2nnc3n2CCCN(Cc2ccoc2)C3)c1. The topological polar surface area (TPSA) is 89.3 Å². The van der Waals surface area contributed by atoms with Crippen molar-refractivity contribution < 1.29 is 27.5 Å². The number of furan rings is 1. The second-order valence-electron chi connectivity index (χ2n) is 6.54. The third-order valence-corrected chi connectivity index (χ3v) is 4.34. The van der Waals surface area contributed by atoms with E-state index in [1.165, 1.54) is 5.56 Å². The van der Waals surface area contributed by atoms with Crippen LogP contribution in [0.2, 0.25) is 0 Å². The van der Waals surface area contributed by atoms with Crippen LogP contribution in [0.5, 0.6) is 0 Å². The van der Waals surface area contributed by atoms with Crippen molar-refractivity contribution in [2.24, 2.45) is 0 Å². The molecule has 0 amide bonds. The van der Waals surface area contributed by atoms with Gasteiger partial charge in [0.1, 0.15) is 5.82 Å². The predicted octanol–water partition coefficient (Wildman–Crippen LogP) is 2.76. The number of aliphatic carboxylic acids is 1. The van der Waals surface area contributed by atoms with Crippen molar-refractivity contribution in [3.05, 3.63) is 60.3 Å². The minimum Gasteiger partial charge on any atom is -0.475 e. The Balaban J connectivity index is 0.000000298. The van der Waals surface area contributed by atoms with Gasteiger partial charge in [0.05, 0.1) is 25.6 Å². The van der Waals surface area contributed by atoms with Crippen LogP contribution in [-0.4, -0.2) is 48.0 Å². The number of hydrogen-bond acceptors (Lipinski definition) is 5. The zero-order chi connectivity index (χ0) is 20.9. The fraction of sp³-hybridized carbons (Fsp3) is 0.389. The van der Waals surface area contributed by atoms with Crippen molar-refractivity contribution in [1.82, 2.24) is 24.2 Å². The molecule has 11 heteroatoms. The van der Waals surface area contributed by atoms with Gasteiger partial charge in [-0.25, -0.2) is 4.79 Å². The van der Waals surface area contributed by atoms with Crippen molar-refractivity contribution in [1.29, 1.82) is 0 Å². The third kappa shape index (κ3) is 5.70. The van der Waals surface area contributed by atoms with E-state index in [2.05, 4.69) is 36.6 Å². The molecule has 3 aromatic rings. The second kappa shape index (κ2) is 8.95. The third-order valence-electron chi connectivity index (χ3n) is 4.34. The van der Waals surface area contributed by atoms with Crippen LogP contribution in [0.15, 0.2) is 47.5 Å². The molecule has 4 heterocycles. The van der Waals surface area contributed by atoms with Crippen molar-refractivity contribution >= 4 is 5.97 Å². The molecule has 0 bridgehead atoms. The van der Waals surface area contributed by atoms with Crippen LogP contribution in [0, 0.1) is 0 Å². The summed E-state index contributed by atoms with van der Waals surface area (Å²) in [5.41, 5.74) is 1.21. The Morgan fingerprint density at radius 2 is 1.90 bits per heavy atom. The number of alkyl halides is 3. The number of halogens is 3. The van der Waals surface area contributed by atoms with Crippen LogP contribution in [-0.2, 0) is 31.0 Å². The number of aromatic nitrogens is 4. The summed E-state index contributed by atoms with van der Waals surface area (Å²) >= 11 is 0. The molecule has 0 aliphatic carbocycles. The average molecular weight is 411 g/mol. The van der Waals surface area contributed by atoms with Crippen molar-refractivity contribution in [2.75, 3.05) is 6.54 Å². The van der Waals surface area contributed by atoms with Gasteiger partial charge in [0.15, 0.2) is 5.82 Å². The molecule has 0 aromatic carbocycles. The maximum absolute atomic E-state index is 10.6. The van der Waals surface area contributed by atoms with Gasteiger partial charge in [0.2, 0.25) is 0 Å². The number of rotatable bonds is 4. The van der Waals surface area contributed by atoms with E-state index in [1.54, 1.807) is 6.26 Å².